The van der Waals surface area contributed by atoms with E-state index < -0.39 is 36.6 Å². The van der Waals surface area contributed by atoms with Crippen molar-refractivity contribution in [3.8, 4) is 0 Å². The van der Waals surface area contributed by atoms with E-state index in [0.717, 1.165) is 0 Å². The molecule has 1 rings (SSSR count). The fourth-order valence-corrected chi connectivity index (χ4v) is 15.4. The summed E-state index contributed by atoms with van der Waals surface area (Å²) in [5.41, 5.74) is 0. The molecule has 0 aromatic heterocycles. The number of rotatable bonds is 1. The highest BCUT2D eigenvalue weighted by molar-refractivity contribution is 6.79. The zero-order valence-electron chi connectivity index (χ0n) is 10.3. The third kappa shape index (κ3) is 3.87. The molecule has 1 aliphatic rings. The Kier molecular flexibility index (Phi) is 4.88. The van der Waals surface area contributed by atoms with Gasteiger partial charge in [-0.2, -0.15) is 0 Å². The maximum atomic E-state index is 6.03. The highest BCUT2D eigenvalue weighted by Gasteiger charge is 2.42. The van der Waals surface area contributed by atoms with Gasteiger partial charge in [-0.05, 0) is 40.3 Å². The molecular weight excluding hydrogens is 262 g/mol. The summed E-state index contributed by atoms with van der Waals surface area (Å²) in [7, 11) is -2.89. The summed E-state index contributed by atoms with van der Waals surface area (Å²) in [4.78, 5) is 0. The Morgan fingerprint density at radius 1 is 0.867 bits per heavy atom. The first-order valence-corrected chi connectivity index (χ1v) is 13.7. The molecule has 1 fully saturated rings. The lowest BCUT2D eigenvalue weighted by Gasteiger charge is -2.39. The van der Waals surface area contributed by atoms with E-state index >= 15 is 0 Å². The van der Waals surface area contributed by atoms with Gasteiger partial charge in [0.2, 0.25) is 0 Å². The zero-order chi connectivity index (χ0) is 11.6. The highest BCUT2D eigenvalue weighted by Crippen LogP contribution is 2.17. The summed E-state index contributed by atoms with van der Waals surface area (Å²) in [5.74, 6) is 0. The van der Waals surface area contributed by atoms with Gasteiger partial charge in [0.15, 0.2) is 0 Å². The Balaban J connectivity index is 2.74. The third-order valence-corrected chi connectivity index (χ3v) is 16.3. The van der Waals surface area contributed by atoms with Crippen LogP contribution in [-0.4, -0.2) is 55.2 Å². The largest absolute Gasteiger partial charge is 0.420 e. The van der Waals surface area contributed by atoms with Crippen molar-refractivity contribution >= 4 is 36.6 Å². The van der Waals surface area contributed by atoms with Crippen LogP contribution in [0, 0.1) is 0 Å². The van der Waals surface area contributed by atoms with Gasteiger partial charge in [-0.3, -0.25) is 4.57 Å². The monoisotopic (exact) mass is 283 g/mol. The molecule has 0 saturated carbocycles. The van der Waals surface area contributed by atoms with Crippen LogP contribution < -0.4 is 0 Å². The third-order valence-electron chi connectivity index (χ3n) is 2.35. The summed E-state index contributed by atoms with van der Waals surface area (Å²) in [6, 6.07) is 0. The van der Waals surface area contributed by atoms with E-state index in [2.05, 4.69) is 11.1 Å². The van der Waals surface area contributed by atoms with E-state index in [0.29, 0.717) is 0 Å². The number of nitrogens with zero attached hydrogens (tertiary/aromatic N) is 1. The fraction of sp³-hybridized carbons (Fsp3) is 1.00. The summed E-state index contributed by atoms with van der Waals surface area (Å²) in [5, 5.41) is 0. The molecule has 9 heteroatoms. The predicted octanol–water partition coefficient (Wildman–Crippen LogP) is -0.252. The summed E-state index contributed by atoms with van der Waals surface area (Å²) in [6.45, 7) is 8.19. The molecule has 0 radical (unpaired) electrons. The molecular formula is C6H21NO4Si4. The molecule has 2 unspecified atom stereocenters. The lowest BCUT2D eigenvalue weighted by molar-refractivity contribution is 0.234. The molecule has 1 aliphatic heterocycles. The Labute approximate surface area is 98.2 Å². The van der Waals surface area contributed by atoms with Crippen LogP contribution in [0.1, 0.15) is 0 Å². The van der Waals surface area contributed by atoms with Crippen LogP contribution in [0.25, 0.3) is 0 Å². The number of hydrogen-bond acceptors (Lipinski definition) is 5. The second kappa shape index (κ2) is 5.33. The average molecular weight is 284 g/mol. The van der Waals surface area contributed by atoms with Crippen LogP contribution in [0.3, 0.4) is 0 Å². The maximum absolute atomic E-state index is 6.03. The molecule has 5 nitrogen and oxygen atoms in total. The Bertz CT molecular complexity index is 205. The molecule has 1 heterocycles. The van der Waals surface area contributed by atoms with Crippen molar-refractivity contribution in [2.45, 2.75) is 26.2 Å². The average Bonchev–Trinajstić information content (AvgIpc) is 1.99. The van der Waals surface area contributed by atoms with Gasteiger partial charge in [-0.1, -0.05) is 0 Å². The van der Waals surface area contributed by atoms with Crippen molar-refractivity contribution in [2.24, 2.45) is 0 Å². The Morgan fingerprint density at radius 3 is 1.60 bits per heavy atom. The van der Waals surface area contributed by atoms with E-state index in [1.807, 2.05) is 33.7 Å². The van der Waals surface area contributed by atoms with Crippen molar-refractivity contribution in [2.75, 3.05) is 14.1 Å². The molecule has 0 amide bonds. The van der Waals surface area contributed by atoms with Crippen LogP contribution in [0.15, 0.2) is 0 Å². The summed E-state index contributed by atoms with van der Waals surface area (Å²) in [6.07, 6.45) is 0. The summed E-state index contributed by atoms with van der Waals surface area (Å²) >= 11 is 0. The van der Waals surface area contributed by atoms with Gasteiger partial charge in [0, 0.05) is 0 Å². The maximum Gasteiger partial charge on any atom is 0.406 e. The molecule has 0 aromatic rings. The van der Waals surface area contributed by atoms with E-state index in [-0.39, 0.29) is 0 Å². The van der Waals surface area contributed by atoms with Crippen LogP contribution in [0.2, 0.25) is 26.2 Å². The summed E-state index contributed by atoms with van der Waals surface area (Å²) < 4.78 is 25.7. The Morgan fingerprint density at radius 2 is 1.27 bits per heavy atom. The van der Waals surface area contributed by atoms with E-state index in [1.54, 1.807) is 0 Å². The molecule has 0 N–H and O–H groups in total. The van der Waals surface area contributed by atoms with Crippen molar-refractivity contribution < 1.29 is 16.5 Å². The van der Waals surface area contributed by atoms with Gasteiger partial charge in [-0.15, -0.1) is 0 Å². The minimum atomic E-state index is -2.22. The van der Waals surface area contributed by atoms with Crippen LogP contribution in [0.5, 0.6) is 0 Å². The lowest BCUT2D eigenvalue weighted by Crippen LogP contribution is -2.60. The molecule has 0 aromatic carbocycles. The second-order valence-electron chi connectivity index (χ2n) is 4.00. The van der Waals surface area contributed by atoms with Gasteiger partial charge in [0.25, 0.3) is 9.28 Å². The zero-order valence-corrected chi connectivity index (χ0v) is 14.8. The fourth-order valence-electron chi connectivity index (χ4n) is 1.48. The second-order valence-corrected chi connectivity index (χ2v) is 14.2. The van der Waals surface area contributed by atoms with Gasteiger partial charge in [-0.25, -0.2) is 0 Å². The number of hydrogen-bond donors (Lipinski definition) is 0. The first-order valence-electron chi connectivity index (χ1n) is 5.17. The smallest absolute Gasteiger partial charge is 0.406 e. The predicted molar refractivity (Wildman–Crippen MR) is 68.7 cm³/mol. The highest BCUT2D eigenvalue weighted by atomic mass is 28.5. The van der Waals surface area contributed by atoms with Crippen molar-refractivity contribution in [3.05, 3.63) is 0 Å². The lowest BCUT2D eigenvalue weighted by atomic mass is 11.3. The van der Waals surface area contributed by atoms with E-state index in [1.165, 1.54) is 0 Å². The van der Waals surface area contributed by atoms with E-state index in [9.17, 15) is 0 Å². The first kappa shape index (κ1) is 13.7. The van der Waals surface area contributed by atoms with Crippen LogP contribution in [0.4, 0.5) is 0 Å². The standard InChI is InChI=1S/C6H21NO4Si4/c1-7(2)15(6)10-13(4)8-12(3)9-14(5)11-15/h12-14H,1-6H3. The van der Waals surface area contributed by atoms with Gasteiger partial charge < -0.3 is 16.5 Å². The van der Waals surface area contributed by atoms with Gasteiger partial charge >= 0.3 is 27.3 Å². The van der Waals surface area contributed by atoms with Crippen molar-refractivity contribution in [3.63, 3.8) is 0 Å². The van der Waals surface area contributed by atoms with Crippen molar-refractivity contribution in [1.82, 2.24) is 4.57 Å². The molecule has 15 heavy (non-hydrogen) atoms. The van der Waals surface area contributed by atoms with Crippen LogP contribution >= 0.6 is 0 Å². The van der Waals surface area contributed by atoms with E-state index in [4.69, 9.17) is 16.5 Å². The SMILES string of the molecule is CN(C)[Si]1(C)O[SiH](C)O[SiH](C)O[SiH](C)O1. The molecule has 0 spiro atoms. The molecule has 0 aliphatic carbocycles. The molecule has 2 atom stereocenters. The quantitative estimate of drug-likeness (QED) is 0.621. The van der Waals surface area contributed by atoms with Crippen LogP contribution in [-0.2, 0) is 16.5 Å². The molecule has 90 valence electrons. The molecule has 0 bridgehead atoms. The topological polar surface area (TPSA) is 40.2 Å². The van der Waals surface area contributed by atoms with Gasteiger partial charge in [0.05, 0.1) is 0 Å². The molecule has 1 saturated heterocycles. The normalized spacial score (nSPS) is 43.8. The van der Waals surface area contributed by atoms with Gasteiger partial charge in [0.1, 0.15) is 0 Å². The van der Waals surface area contributed by atoms with Crippen molar-refractivity contribution in [1.29, 1.82) is 0 Å². The minimum Gasteiger partial charge on any atom is -0.420 e. The Hall–Kier alpha value is 0.668. The minimum absolute atomic E-state index is 1.50. The first-order chi connectivity index (χ1) is 6.83.